The van der Waals surface area contributed by atoms with E-state index in [1.54, 1.807) is 31.7 Å². The van der Waals surface area contributed by atoms with E-state index in [0.717, 1.165) is 0 Å². The van der Waals surface area contributed by atoms with Gasteiger partial charge in [-0.25, -0.2) is 4.79 Å². The fourth-order valence-corrected chi connectivity index (χ4v) is 3.08. The number of alkyl carbamates (subject to hydrolysis) is 1. The highest BCUT2D eigenvalue weighted by atomic mass is 79.9. The van der Waals surface area contributed by atoms with E-state index in [-0.39, 0.29) is 23.3 Å². The van der Waals surface area contributed by atoms with Crippen molar-refractivity contribution in [2.24, 2.45) is 0 Å². The van der Waals surface area contributed by atoms with E-state index in [1.165, 1.54) is 12.1 Å². The topological polar surface area (TPSA) is 67.9 Å². The van der Waals surface area contributed by atoms with Crippen LogP contribution in [0.25, 0.3) is 0 Å². The van der Waals surface area contributed by atoms with Crippen molar-refractivity contribution in [3.63, 3.8) is 0 Å². The molecule has 1 saturated heterocycles. The van der Waals surface area contributed by atoms with Crippen LogP contribution in [0.15, 0.2) is 22.7 Å². The highest BCUT2D eigenvalue weighted by molar-refractivity contribution is 9.10. The second-order valence-corrected chi connectivity index (χ2v) is 8.15. The van der Waals surface area contributed by atoms with Crippen LogP contribution in [0.2, 0.25) is 0 Å². The maximum Gasteiger partial charge on any atom is 0.407 e. The molecule has 1 aliphatic rings. The van der Waals surface area contributed by atoms with E-state index in [9.17, 15) is 18.4 Å². The minimum Gasteiger partial charge on any atom is -0.444 e. The Morgan fingerprint density at radius 3 is 2.44 bits per heavy atom. The van der Waals surface area contributed by atoms with E-state index < -0.39 is 18.3 Å². The normalized spacial score (nSPS) is 15.6. The number of piperidine rings is 1. The first-order chi connectivity index (χ1) is 12.5. The number of ether oxygens (including phenoxy) is 2. The Hall–Kier alpha value is -1.90. The summed E-state index contributed by atoms with van der Waals surface area (Å²) >= 11 is 3.18. The SMILES string of the molecule is CC(C)(C)OC(=O)NC1CCN(C(=O)c2ccc(Br)cc2OC(F)F)CC1. The van der Waals surface area contributed by atoms with Gasteiger partial charge in [-0.3, -0.25) is 4.79 Å². The summed E-state index contributed by atoms with van der Waals surface area (Å²) in [5.41, 5.74) is -0.499. The third kappa shape index (κ3) is 6.64. The molecule has 0 bridgehead atoms. The first-order valence-electron chi connectivity index (χ1n) is 8.58. The van der Waals surface area contributed by atoms with Crippen molar-refractivity contribution in [1.82, 2.24) is 10.2 Å². The molecule has 2 rings (SSSR count). The molecular weight excluding hydrogens is 426 g/mol. The Kier molecular flexibility index (Phi) is 7.02. The number of hydrogen-bond donors (Lipinski definition) is 1. The third-order valence-electron chi connectivity index (χ3n) is 3.89. The standard InChI is InChI=1S/C18H23BrF2N2O4/c1-18(2,3)27-17(25)22-12-6-8-23(9-7-12)15(24)13-5-4-11(19)10-14(13)26-16(20)21/h4-5,10,12,16H,6-9H2,1-3H3,(H,22,25). The molecule has 1 N–H and O–H groups in total. The van der Waals surface area contributed by atoms with Crippen LogP contribution in [0, 0.1) is 0 Å². The number of carbonyl (C=O) groups is 2. The van der Waals surface area contributed by atoms with Crippen LogP contribution in [-0.2, 0) is 4.74 Å². The number of carbonyl (C=O) groups excluding carboxylic acids is 2. The highest BCUT2D eigenvalue weighted by Gasteiger charge is 2.28. The lowest BCUT2D eigenvalue weighted by Gasteiger charge is -2.33. The molecular formula is C18H23BrF2N2O4. The summed E-state index contributed by atoms with van der Waals surface area (Å²) in [6, 6.07) is 4.29. The quantitative estimate of drug-likeness (QED) is 0.749. The summed E-state index contributed by atoms with van der Waals surface area (Å²) in [6.45, 7) is 3.11. The van der Waals surface area contributed by atoms with Gasteiger partial charge in [-0.2, -0.15) is 8.78 Å². The number of nitrogens with one attached hydrogen (secondary N) is 1. The number of amides is 2. The van der Waals surface area contributed by atoms with Gasteiger partial charge in [0.1, 0.15) is 11.4 Å². The van der Waals surface area contributed by atoms with Gasteiger partial charge in [0.25, 0.3) is 5.91 Å². The molecule has 1 aromatic carbocycles. The second kappa shape index (κ2) is 8.86. The lowest BCUT2D eigenvalue weighted by Crippen LogP contribution is -2.47. The summed E-state index contributed by atoms with van der Waals surface area (Å²) in [6.07, 6.45) is 0.604. The molecule has 0 atom stereocenters. The fourth-order valence-electron chi connectivity index (χ4n) is 2.74. The molecule has 1 aromatic rings. The van der Waals surface area contributed by atoms with Gasteiger partial charge < -0.3 is 19.7 Å². The molecule has 0 spiro atoms. The van der Waals surface area contributed by atoms with Crippen molar-refractivity contribution in [2.75, 3.05) is 13.1 Å². The van der Waals surface area contributed by atoms with Gasteiger partial charge in [0.15, 0.2) is 0 Å². The van der Waals surface area contributed by atoms with Crippen LogP contribution in [-0.4, -0.2) is 48.2 Å². The summed E-state index contributed by atoms with van der Waals surface area (Å²) < 4.78 is 35.5. The van der Waals surface area contributed by atoms with E-state index in [2.05, 4.69) is 26.0 Å². The Labute approximate surface area is 165 Å². The van der Waals surface area contributed by atoms with Gasteiger partial charge >= 0.3 is 12.7 Å². The van der Waals surface area contributed by atoms with E-state index in [0.29, 0.717) is 30.4 Å². The number of benzene rings is 1. The molecule has 0 aromatic heterocycles. The number of alkyl halides is 2. The average molecular weight is 449 g/mol. The van der Waals surface area contributed by atoms with Crippen molar-refractivity contribution in [1.29, 1.82) is 0 Å². The van der Waals surface area contributed by atoms with Crippen LogP contribution in [0.4, 0.5) is 13.6 Å². The lowest BCUT2D eigenvalue weighted by atomic mass is 10.0. The van der Waals surface area contributed by atoms with Gasteiger partial charge in [0.05, 0.1) is 5.56 Å². The van der Waals surface area contributed by atoms with Gasteiger partial charge in [-0.05, 0) is 51.8 Å². The summed E-state index contributed by atoms with van der Waals surface area (Å²) in [4.78, 5) is 26.1. The van der Waals surface area contributed by atoms with Crippen LogP contribution < -0.4 is 10.1 Å². The van der Waals surface area contributed by atoms with Crippen molar-refractivity contribution >= 4 is 27.9 Å². The zero-order valence-electron chi connectivity index (χ0n) is 15.4. The predicted octanol–water partition coefficient (Wildman–Crippen LogP) is 4.18. The number of nitrogens with zero attached hydrogens (tertiary/aromatic N) is 1. The first-order valence-corrected chi connectivity index (χ1v) is 9.37. The predicted molar refractivity (Wildman–Crippen MR) is 99.1 cm³/mol. The Bertz CT molecular complexity index is 686. The summed E-state index contributed by atoms with van der Waals surface area (Å²) in [5.74, 6) is -0.549. The van der Waals surface area contributed by atoms with Gasteiger partial charge in [-0.15, -0.1) is 0 Å². The Morgan fingerprint density at radius 2 is 1.89 bits per heavy atom. The van der Waals surface area contributed by atoms with E-state index in [4.69, 9.17) is 4.74 Å². The highest BCUT2D eigenvalue weighted by Crippen LogP contribution is 2.27. The van der Waals surface area contributed by atoms with Crippen molar-refractivity contribution < 1.29 is 27.8 Å². The van der Waals surface area contributed by atoms with Gasteiger partial charge in [-0.1, -0.05) is 15.9 Å². The molecule has 6 nitrogen and oxygen atoms in total. The van der Waals surface area contributed by atoms with Crippen molar-refractivity contribution in [3.05, 3.63) is 28.2 Å². The molecule has 1 heterocycles. The molecule has 1 fully saturated rings. The third-order valence-corrected chi connectivity index (χ3v) is 4.39. The first kappa shape index (κ1) is 21.4. The zero-order valence-corrected chi connectivity index (χ0v) is 17.0. The molecule has 0 aliphatic carbocycles. The fraction of sp³-hybridized carbons (Fsp3) is 0.556. The molecule has 2 amide bonds. The average Bonchev–Trinajstić information content (AvgIpc) is 2.52. The van der Waals surface area contributed by atoms with E-state index >= 15 is 0 Å². The largest absolute Gasteiger partial charge is 0.444 e. The minimum absolute atomic E-state index is 0.0806. The molecule has 0 saturated carbocycles. The van der Waals surface area contributed by atoms with Crippen LogP contribution >= 0.6 is 15.9 Å². The van der Waals surface area contributed by atoms with Crippen LogP contribution in [0.3, 0.4) is 0 Å². The van der Waals surface area contributed by atoms with E-state index in [1.807, 2.05) is 0 Å². The Morgan fingerprint density at radius 1 is 1.26 bits per heavy atom. The van der Waals surface area contributed by atoms with Crippen molar-refractivity contribution in [3.8, 4) is 5.75 Å². The lowest BCUT2D eigenvalue weighted by molar-refractivity contribution is -0.0503. The maximum atomic E-state index is 12.7. The van der Waals surface area contributed by atoms with Gasteiger partial charge in [0.2, 0.25) is 0 Å². The summed E-state index contributed by atoms with van der Waals surface area (Å²) in [7, 11) is 0. The molecule has 1 aliphatic heterocycles. The number of hydrogen-bond acceptors (Lipinski definition) is 4. The molecule has 0 radical (unpaired) electrons. The number of likely N-dealkylation sites (tertiary alicyclic amines) is 1. The zero-order chi connectivity index (χ0) is 20.2. The summed E-state index contributed by atoms with van der Waals surface area (Å²) in [5, 5.41) is 2.79. The molecule has 9 heteroatoms. The monoisotopic (exact) mass is 448 g/mol. The minimum atomic E-state index is -3.02. The number of rotatable bonds is 4. The smallest absolute Gasteiger partial charge is 0.407 e. The van der Waals surface area contributed by atoms with Crippen LogP contribution in [0.1, 0.15) is 44.0 Å². The number of halogens is 3. The van der Waals surface area contributed by atoms with Crippen LogP contribution in [0.5, 0.6) is 5.75 Å². The van der Waals surface area contributed by atoms with Crippen molar-refractivity contribution in [2.45, 2.75) is 51.9 Å². The second-order valence-electron chi connectivity index (χ2n) is 7.23. The Balaban J connectivity index is 1.96. The molecule has 27 heavy (non-hydrogen) atoms. The van der Waals surface area contributed by atoms with Gasteiger partial charge in [0, 0.05) is 23.6 Å². The molecule has 150 valence electrons. The maximum absolute atomic E-state index is 12.7. The molecule has 0 unspecified atom stereocenters.